The van der Waals surface area contributed by atoms with Crippen LogP contribution >= 0.6 is 12.4 Å². The Morgan fingerprint density at radius 1 is 1.19 bits per heavy atom. The van der Waals surface area contributed by atoms with E-state index in [1.165, 1.54) is 0 Å². The molecule has 1 aliphatic heterocycles. The lowest BCUT2D eigenvalue weighted by atomic mass is 9.79. The lowest BCUT2D eigenvalue weighted by Crippen LogP contribution is -2.49. The second-order valence-corrected chi connectivity index (χ2v) is 6.25. The van der Waals surface area contributed by atoms with Gasteiger partial charge >= 0.3 is 0 Å². The van der Waals surface area contributed by atoms with Crippen LogP contribution < -0.4 is 20.5 Å². The van der Waals surface area contributed by atoms with Gasteiger partial charge in [0.15, 0.2) is 11.5 Å². The van der Waals surface area contributed by atoms with Gasteiger partial charge in [0.2, 0.25) is 5.91 Å². The molecule has 0 bridgehead atoms. The number of rotatable bonds is 9. The predicted molar refractivity (Wildman–Crippen MR) is 104 cm³/mol. The van der Waals surface area contributed by atoms with Crippen LogP contribution in [-0.2, 0) is 16.0 Å². The van der Waals surface area contributed by atoms with Crippen molar-refractivity contribution in [3.63, 3.8) is 0 Å². The summed E-state index contributed by atoms with van der Waals surface area (Å²) in [4.78, 5) is 12.6. The Balaban J connectivity index is 0.00000338. The zero-order chi connectivity index (χ0) is 18.1. The number of nitrogens with one attached hydrogen (secondary N) is 1. The van der Waals surface area contributed by atoms with Crippen LogP contribution in [0.1, 0.15) is 32.3 Å². The topological polar surface area (TPSA) is 82.8 Å². The standard InChI is InChI=1S/C19H30N2O4.ClH/c1-3-24-16-6-5-15(13-17(16)25-4-2)7-10-21-18(22)19(14-20)8-11-23-12-9-19;/h5-6,13H,3-4,7-12,14,20H2,1-2H3,(H,21,22);1H. The number of carbonyl (C=O) groups excluding carboxylic acids is 1. The largest absolute Gasteiger partial charge is 0.490 e. The molecular weight excluding hydrogens is 356 g/mol. The highest BCUT2D eigenvalue weighted by atomic mass is 35.5. The Morgan fingerprint density at radius 2 is 1.85 bits per heavy atom. The van der Waals surface area contributed by atoms with E-state index in [4.69, 9.17) is 19.9 Å². The Kier molecular flexibility index (Phi) is 9.76. The summed E-state index contributed by atoms with van der Waals surface area (Å²) in [5.41, 5.74) is 6.49. The van der Waals surface area contributed by atoms with Crippen molar-refractivity contribution < 1.29 is 19.0 Å². The fourth-order valence-electron chi connectivity index (χ4n) is 3.04. The maximum absolute atomic E-state index is 12.6. The minimum Gasteiger partial charge on any atom is -0.490 e. The predicted octanol–water partition coefficient (Wildman–Crippen LogP) is 2.32. The van der Waals surface area contributed by atoms with E-state index in [0.29, 0.717) is 52.4 Å². The van der Waals surface area contributed by atoms with E-state index in [1.54, 1.807) is 0 Å². The van der Waals surface area contributed by atoms with Gasteiger partial charge in [0.1, 0.15) is 0 Å². The van der Waals surface area contributed by atoms with E-state index in [9.17, 15) is 4.79 Å². The molecule has 7 heteroatoms. The first-order chi connectivity index (χ1) is 12.1. The third kappa shape index (κ3) is 5.76. The van der Waals surface area contributed by atoms with E-state index in [1.807, 2.05) is 32.0 Å². The van der Waals surface area contributed by atoms with Gasteiger partial charge in [-0.15, -0.1) is 12.4 Å². The molecule has 1 aromatic rings. The number of nitrogens with two attached hydrogens (primary N) is 1. The van der Waals surface area contributed by atoms with Crippen molar-refractivity contribution in [3.8, 4) is 11.5 Å². The van der Waals surface area contributed by atoms with Gasteiger partial charge < -0.3 is 25.3 Å². The Labute approximate surface area is 162 Å². The van der Waals surface area contributed by atoms with Gasteiger partial charge in [-0.25, -0.2) is 0 Å². The molecule has 1 amide bonds. The molecular formula is C19H31ClN2O4. The number of halogens is 1. The molecule has 0 saturated carbocycles. The molecule has 0 unspecified atom stereocenters. The summed E-state index contributed by atoms with van der Waals surface area (Å²) in [6, 6.07) is 5.91. The van der Waals surface area contributed by atoms with Gasteiger partial charge in [0.05, 0.1) is 18.6 Å². The fourth-order valence-corrected chi connectivity index (χ4v) is 3.04. The maximum Gasteiger partial charge on any atom is 0.227 e. The highest BCUT2D eigenvalue weighted by molar-refractivity contribution is 5.85. The quantitative estimate of drug-likeness (QED) is 0.680. The molecule has 2 rings (SSSR count). The lowest BCUT2D eigenvalue weighted by Gasteiger charge is -2.34. The number of benzene rings is 1. The summed E-state index contributed by atoms with van der Waals surface area (Å²) in [5.74, 6) is 1.53. The second kappa shape index (κ2) is 11.3. The van der Waals surface area contributed by atoms with Crippen LogP contribution in [0, 0.1) is 5.41 Å². The van der Waals surface area contributed by atoms with Gasteiger partial charge in [-0.3, -0.25) is 4.79 Å². The monoisotopic (exact) mass is 386 g/mol. The summed E-state index contributed by atoms with van der Waals surface area (Å²) in [7, 11) is 0. The van der Waals surface area contributed by atoms with E-state index in [-0.39, 0.29) is 18.3 Å². The number of hydrogen-bond acceptors (Lipinski definition) is 5. The van der Waals surface area contributed by atoms with Gasteiger partial charge in [-0.05, 0) is 50.8 Å². The van der Waals surface area contributed by atoms with Crippen LogP contribution in [0.5, 0.6) is 11.5 Å². The Morgan fingerprint density at radius 3 is 2.46 bits per heavy atom. The molecule has 1 saturated heterocycles. The van der Waals surface area contributed by atoms with Gasteiger partial charge in [-0.1, -0.05) is 6.07 Å². The fraction of sp³-hybridized carbons (Fsp3) is 0.632. The first-order valence-electron chi connectivity index (χ1n) is 9.10. The number of ether oxygens (including phenoxy) is 3. The summed E-state index contributed by atoms with van der Waals surface area (Å²) in [6.07, 6.45) is 2.11. The van der Waals surface area contributed by atoms with E-state index in [2.05, 4.69) is 5.32 Å². The Hall–Kier alpha value is -1.50. The van der Waals surface area contributed by atoms with Crippen LogP contribution in [0.2, 0.25) is 0 Å². The molecule has 3 N–H and O–H groups in total. The summed E-state index contributed by atoms with van der Waals surface area (Å²) >= 11 is 0. The minimum atomic E-state index is -0.479. The molecule has 1 fully saturated rings. The van der Waals surface area contributed by atoms with Crippen LogP contribution in [-0.4, -0.2) is 45.4 Å². The van der Waals surface area contributed by atoms with Gasteiger partial charge in [0, 0.05) is 26.3 Å². The van der Waals surface area contributed by atoms with E-state index in [0.717, 1.165) is 23.5 Å². The third-order valence-electron chi connectivity index (χ3n) is 4.63. The van der Waals surface area contributed by atoms with E-state index >= 15 is 0 Å². The van der Waals surface area contributed by atoms with Crippen molar-refractivity contribution in [2.45, 2.75) is 33.1 Å². The zero-order valence-corrected chi connectivity index (χ0v) is 16.5. The molecule has 0 aromatic heterocycles. The van der Waals surface area contributed by atoms with Crippen molar-refractivity contribution in [2.75, 3.05) is 39.5 Å². The van der Waals surface area contributed by atoms with E-state index < -0.39 is 5.41 Å². The van der Waals surface area contributed by atoms with Crippen molar-refractivity contribution in [2.24, 2.45) is 11.1 Å². The van der Waals surface area contributed by atoms with Crippen LogP contribution in [0.15, 0.2) is 18.2 Å². The zero-order valence-electron chi connectivity index (χ0n) is 15.7. The minimum absolute atomic E-state index is 0. The smallest absolute Gasteiger partial charge is 0.227 e. The van der Waals surface area contributed by atoms with Crippen molar-refractivity contribution in [1.29, 1.82) is 0 Å². The normalized spacial score (nSPS) is 15.7. The molecule has 1 aromatic carbocycles. The van der Waals surface area contributed by atoms with Gasteiger partial charge in [0.25, 0.3) is 0 Å². The first kappa shape index (κ1) is 22.5. The van der Waals surface area contributed by atoms with Crippen LogP contribution in [0.25, 0.3) is 0 Å². The van der Waals surface area contributed by atoms with Crippen molar-refractivity contribution in [1.82, 2.24) is 5.32 Å². The molecule has 1 aliphatic rings. The highest BCUT2D eigenvalue weighted by Gasteiger charge is 2.38. The van der Waals surface area contributed by atoms with Crippen LogP contribution in [0.4, 0.5) is 0 Å². The summed E-state index contributed by atoms with van der Waals surface area (Å²) < 4.78 is 16.6. The highest BCUT2D eigenvalue weighted by Crippen LogP contribution is 2.30. The lowest BCUT2D eigenvalue weighted by molar-refractivity contribution is -0.135. The molecule has 0 spiro atoms. The van der Waals surface area contributed by atoms with Crippen LogP contribution in [0.3, 0.4) is 0 Å². The molecule has 0 atom stereocenters. The average Bonchev–Trinajstić information content (AvgIpc) is 2.64. The Bertz CT molecular complexity index is 562. The number of hydrogen-bond donors (Lipinski definition) is 2. The van der Waals surface area contributed by atoms with Gasteiger partial charge in [-0.2, -0.15) is 0 Å². The third-order valence-corrected chi connectivity index (χ3v) is 4.63. The molecule has 148 valence electrons. The molecule has 1 heterocycles. The summed E-state index contributed by atoms with van der Waals surface area (Å²) in [6.45, 7) is 7.20. The number of carbonyl (C=O) groups is 1. The number of amides is 1. The van der Waals surface area contributed by atoms with Crippen molar-refractivity contribution >= 4 is 18.3 Å². The molecule has 6 nitrogen and oxygen atoms in total. The molecule has 0 aliphatic carbocycles. The SMILES string of the molecule is CCOc1ccc(CCNC(=O)C2(CN)CCOCC2)cc1OCC.Cl. The second-order valence-electron chi connectivity index (χ2n) is 6.25. The first-order valence-corrected chi connectivity index (χ1v) is 9.10. The molecule has 0 radical (unpaired) electrons. The average molecular weight is 387 g/mol. The maximum atomic E-state index is 12.6. The van der Waals surface area contributed by atoms with Crippen molar-refractivity contribution in [3.05, 3.63) is 23.8 Å². The molecule has 26 heavy (non-hydrogen) atoms. The summed E-state index contributed by atoms with van der Waals surface area (Å²) in [5, 5.41) is 3.04.